The summed E-state index contributed by atoms with van der Waals surface area (Å²) in [7, 11) is 0. The van der Waals surface area contributed by atoms with Gasteiger partial charge in [0.15, 0.2) is 5.96 Å². The summed E-state index contributed by atoms with van der Waals surface area (Å²) in [5.41, 5.74) is 0.317. The number of hydrogen-bond donors (Lipinski definition) is 2. The lowest BCUT2D eigenvalue weighted by Crippen LogP contribution is -2.48. The van der Waals surface area contributed by atoms with Gasteiger partial charge in [0.25, 0.3) is 0 Å². The van der Waals surface area contributed by atoms with E-state index in [4.69, 9.17) is 0 Å². The van der Waals surface area contributed by atoms with Gasteiger partial charge in [0.1, 0.15) is 0 Å². The minimum atomic E-state index is 0.317. The standard InChI is InChI=1S/C14H25N3/c1-14(2)8-16-13(17-9-14)15-7-12-6-10-3-4-11(12)5-10/h10-12H,3-9H2,1-2H3,(H2,15,16,17). The molecule has 1 heterocycles. The number of hydrogen-bond acceptors (Lipinski definition) is 3. The van der Waals surface area contributed by atoms with E-state index in [1.807, 2.05) is 0 Å². The molecule has 3 heteroatoms. The van der Waals surface area contributed by atoms with Crippen LogP contribution in [0.4, 0.5) is 0 Å². The van der Waals surface area contributed by atoms with Crippen molar-refractivity contribution in [3.8, 4) is 0 Å². The highest BCUT2D eigenvalue weighted by atomic mass is 15.2. The first-order valence-corrected chi connectivity index (χ1v) is 7.15. The summed E-state index contributed by atoms with van der Waals surface area (Å²) >= 11 is 0. The number of aliphatic imine (C=N–C) groups is 1. The third kappa shape index (κ3) is 2.43. The van der Waals surface area contributed by atoms with Crippen molar-refractivity contribution >= 4 is 5.96 Å². The summed E-state index contributed by atoms with van der Waals surface area (Å²) in [6.07, 6.45) is 5.92. The maximum atomic E-state index is 4.60. The summed E-state index contributed by atoms with van der Waals surface area (Å²) in [5, 5.41) is 6.94. The Morgan fingerprint density at radius 3 is 2.82 bits per heavy atom. The van der Waals surface area contributed by atoms with Crippen molar-refractivity contribution in [3.63, 3.8) is 0 Å². The lowest BCUT2D eigenvalue weighted by Gasteiger charge is -2.30. The Kier molecular flexibility index (Phi) is 2.80. The van der Waals surface area contributed by atoms with Crippen LogP contribution in [0.25, 0.3) is 0 Å². The van der Waals surface area contributed by atoms with Gasteiger partial charge in [-0.2, -0.15) is 0 Å². The summed E-state index contributed by atoms with van der Waals surface area (Å²) < 4.78 is 0. The average Bonchev–Trinajstić information content (AvgIpc) is 2.89. The van der Waals surface area contributed by atoms with Crippen LogP contribution in [0.3, 0.4) is 0 Å². The van der Waals surface area contributed by atoms with Crippen LogP contribution in [-0.2, 0) is 0 Å². The van der Waals surface area contributed by atoms with Crippen LogP contribution in [0, 0.1) is 23.2 Å². The van der Waals surface area contributed by atoms with E-state index in [0.29, 0.717) is 5.41 Å². The predicted octanol–water partition coefficient (Wildman–Crippen LogP) is 2.00. The van der Waals surface area contributed by atoms with Crippen molar-refractivity contribution in [2.45, 2.75) is 39.5 Å². The molecule has 0 saturated heterocycles. The molecule has 0 aromatic rings. The Morgan fingerprint density at radius 1 is 1.35 bits per heavy atom. The quantitative estimate of drug-likeness (QED) is 0.768. The molecule has 2 saturated carbocycles. The van der Waals surface area contributed by atoms with Gasteiger partial charge in [-0.25, -0.2) is 0 Å². The first-order chi connectivity index (χ1) is 8.12. The topological polar surface area (TPSA) is 36.4 Å². The van der Waals surface area contributed by atoms with E-state index in [1.54, 1.807) is 0 Å². The first kappa shape index (κ1) is 11.4. The fraction of sp³-hybridized carbons (Fsp3) is 0.929. The van der Waals surface area contributed by atoms with E-state index in [0.717, 1.165) is 43.3 Å². The molecule has 1 aliphatic heterocycles. The molecule has 2 N–H and O–H groups in total. The molecule has 3 aliphatic rings. The number of nitrogens with one attached hydrogen (secondary N) is 2. The van der Waals surface area contributed by atoms with Gasteiger partial charge in [-0.15, -0.1) is 0 Å². The molecule has 2 aliphatic carbocycles. The largest absolute Gasteiger partial charge is 0.356 e. The molecule has 0 aromatic heterocycles. The number of nitrogens with zero attached hydrogens (tertiary/aromatic N) is 1. The van der Waals surface area contributed by atoms with Gasteiger partial charge in [-0.05, 0) is 37.0 Å². The molecule has 3 atom stereocenters. The number of rotatable bonds is 2. The van der Waals surface area contributed by atoms with Gasteiger partial charge in [0.2, 0.25) is 0 Å². The molecule has 2 bridgehead atoms. The second kappa shape index (κ2) is 4.18. The number of fused-ring (bicyclic) bond motifs is 2. The van der Waals surface area contributed by atoms with E-state index in [9.17, 15) is 0 Å². The van der Waals surface area contributed by atoms with Crippen molar-refractivity contribution < 1.29 is 0 Å². The highest BCUT2D eigenvalue weighted by molar-refractivity contribution is 5.80. The number of guanidine groups is 1. The molecule has 17 heavy (non-hydrogen) atoms. The maximum Gasteiger partial charge on any atom is 0.191 e. The molecular weight excluding hydrogens is 210 g/mol. The van der Waals surface area contributed by atoms with E-state index in [2.05, 4.69) is 29.5 Å². The van der Waals surface area contributed by atoms with Gasteiger partial charge >= 0.3 is 0 Å². The van der Waals surface area contributed by atoms with Crippen LogP contribution >= 0.6 is 0 Å². The summed E-state index contributed by atoms with van der Waals surface area (Å²) in [6.45, 7) is 7.63. The molecule has 3 rings (SSSR count). The lowest BCUT2D eigenvalue weighted by atomic mass is 9.89. The van der Waals surface area contributed by atoms with Crippen molar-refractivity contribution in [3.05, 3.63) is 0 Å². The van der Waals surface area contributed by atoms with Gasteiger partial charge in [0.05, 0.1) is 0 Å². The zero-order chi connectivity index (χ0) is 11.9. The molecule has 2 fully saturated rings. The minimum absolute atomic E-state index is 0.317. The van der Waals surface area contributed by atoms with Crippen LogP contribution in [-0.4, -0.2) is 25.6 Å². The highest BCUT2D eigenvalue weighted by Crippen LogP contribution is 2.47. The Balaban J connectivity index is 1.47. The Labute approximate surface area is 104 Å². The van der Waals surface area contributed by atoms with Crippen LogP contribution in [0.15, 0.2) is 4.99 Å². The maximum absolute atomic E-state index is 4.60. The first-order valence-electron chi connectivity index (χ1n) is 7.15. The van der Waals surface area contributed by atoms with Crippen LogP contribution in [0.1, 0.15) is 39.5 Å². The normalized spacial score (nSPS) is 38.7. The van der Waals surface area contributed by atoms with Crippen molar-refractivity contribution in [1.29, 1.82) is 0 Å². The van der Waals surface area contributed by atoms with Crippen molar-refractivity contribution in [1.82, 2.24) is 10.6 Å². The van der Waals surface area contributed by atoms with Crippen LogP contribution in [0.2, 0.25) is 0 Å². The monoisotopic (exact) mass is 235 g/mol. The Hall–Kier alpha value is -0.730. The Morgan fingerprint density at radius 2 is 2.24 bits per heavy atom. The lowest BCUT2D eigenvalue weighted by molar-refractivity contribution is 0.325. The van der Waals surface area contributed by atoms with E-state index in [-0.39, 0.29) is 0 Å². The Bertz CT molecular complexity index is 321. The van der Waals surface area contributed by atoms with Crippen LogP contribution < -0.4 is 10.6 Å². The molecule has 3 unspecified atom stereocenters. The smallest absolute Gasteiger partial charge is 0.191 e. The molecule has 96 valence electrons. The fourth-order valence-corrected chi connectivity index (χ4v) is 3.70. The molecule has 0 aromatic carbocycles. The summed E-state index contributed by atoms with van der Waals surface area (Å²) in [6, 6.07) is 0. The summed E-state index contributed by atoms with van der Waals surface area (Å²) in [4.78, 5) is 4.60. The average molecular weight is 235 g/mol. The van der Waals surface area contributed by atoms with Gasteiger partial charge in [-0.1, -0.05) is 20.3 Å². The highest BCUT2D eigenvalue weighted by Gasteiger charge is 2.39. The van der Waals surface area contributed by atoms with Crippen molar-refractivity contribution in [2.75, 3.05) is 19.6 Å². The molecule has 0 radical (unpaired) electrons. The SMILES string of the molecule is CC1(C)CN=C(NCC2CC3CCC2C3)NC1. The van der Waals surface area contributed by atoms with E-state index in [1.165, 1.54) is 25.7 Å². The van der Waals surface area contributed by atoms with Gasteiger partial charge < -0.3 is 10.6 Å². The van der Waals surface area contributed by atoms with Gasteiger partial charge in [-0.3, -0.25) is 4.99 Å². The van der Waals surface area contributed by atoms with Gasteiger partial charge in [0, 0.05) is 25.0 Å². The third-order valence-electron chi connectivity index (χ3n) is 4.82. The third-order valence-corrected chi connectivity index (χ3v) is 4.82. The van der Waals surface area contributed by atoms with Crippen molar-refractivity contribution in [2.24, 2.45) is 28.2 Å². The molecule has 0 spiro atoms. The van der Waals surface area contributed by atoms with E-state index < -0.39 is 0 Å². The summed E-state index contributed by atoms with van der Waals surface area (Å²) in [5.74, 6) is 4.00. The van der Waals surface area contributed by atoms with E-state index >= 15 is 0 Å². The zero-order valence-electron chi connectivity index (χ0n) is 11.1. The minimum Gasteiger partial charge on any atom is -0.356 e. The fourth-order valence-electron chi connectivity index (χ4n) is 3.70. The van der Waals surface area contributed by atoms with Crippen LogP contribution in [0.5, 0.6) is 0 Å². The molecule has 0 amide bonds. The molecule has 3 nitrogen and oxygen atoms in total. The second-order valence-electron chi connectivity index (χ2n) is 7.00. The second-order valence-corrected chi connectivity index (χ2v) is 7.00. The zero-order valence-corrected chi connectivity index (χ0v) is 11.1. The predicted molar refractivity (Wildman–Crippen MR) is 71.0 cm³/mol. The molecular formula is C14H25N3.